The van der Waals surface area contributed by atoms with Gasteiger partial charge in [-0.15, -0.1) is 5.92 Å². The van der Waals surface area contributed by atoms with Crippen LogP contribution in [0.25, 0.3) is 6.08 Å². The van der Waals surface area contributed by atoms with Crippen LogP contribution in [0.1, 0.15) is 104 Å². The fourth-order valence-corrected chi connectivity index (χ4v) is 5.04. The maximum absolute atomic E-state index is 10.7. The Kier molecular flexibility index (Phi) is 16.5. The highest BCUT2D eigenvalue weighted by Gasteiger charge is 2.37. The normalized spacial score (nSPS) is 14.8. The Balaban J connectivity index is 0.000000370. The Labute approximate surface area is 250 Å². The monoisotopic (exact) mass is 559 g/mol. The number of rotatable bonds is 7. The van der Waals surface area contributed by atoms with Crippen molar-refractivity contribution in [3.05, 3.63) is 82.4 Å². The second-order valence-electron chi connectivity index (χ2n) is 10.2. The smallest absolute Gasteiger partial charge is 0.304 e. The van der Waals surface area contributed by atoms with E-state index in [2.05, 4.69) is 73.9 Å². The fourth-order valence-electron chi connectivity index (χ4n) is 5.04. The summed E-state index contributed by atoms with van der Waals surface area (Å²) in [5.74, 6) is 5.37. The van der Waals surface area contributed by atoms with Gasteiger partial charge in [-0.05, 0) is 89.4 Å². The number of carboxylic acid groups (broad SMARTS) is 1. The lowest BCUT2D eigenvalue weighted by atomic mass is 9.74. The van der Waals surface area contributed by atoms with Crippen molar-refractivity contribution in [2.45, 2.75) is 92.9 Å². The zero-order valence-corrected chi connectivity index (χ0v) is 27.0. The lowest BCUT2D eigenvalue weighted by Crippen LogP contribution is -2.41. The van der Waals surface area contributed by atoms with Crippen LogP contribution in [0.2, 0.25) is 0 Å². The van der Waals surface area contributed by atoms with Crippen molar-refractivity contribution in [1.29, 1.82) is 0 Å². The zero-order chi connectivity index (χ0) is 30.8. The van der Waals surface area contributed by atoms with Gasteiger partial charge in [-0.3, -0.25) is 9.69 Å². The Bertz CT molecular complexity index is 1170. The van der Waals surface area contributed by atoms with Gasteiger partial charge in [0.25, 0.3) is 0 Å². The van der Waals surface area contributed by atoms with Crippen LogP contribution in [0.5, 0.6) is 5.75 Å². The van der Waals surface area contributed by atoms with E-state index in [9.17, 15) is 4.79 Å². The highest BCUT2D eigenvalue weighted by molar-refractivity contribution is 5.69. The molecule has 2 aliphatic rings. The third-order valence-corrected chi connectivity index (χ3v) is 7.43. The maximum Gasteiger partial charge on any atom is 0.304 e. The van der Waals surface area contributed by atoms with Gasteiger partial charge in [0.05, 0.1) is 18.9 Å². The SMILES string of the molecule is CC.CC.CC#CC(CC(=O)O)c1ccc(OCC)cc1.CC(C)=C(C)CN1CCC2(C=Cc3ccccc32)CC1. The molecule has 0 amide bonds. The topological polar surface area (TPSA) is 49.8 Å². The average molecular weight is 560 g/mol. The second-order valence-corrected chi connectivity index (χ2v) is 10.2. The summed E-state index contributed by atoms with van der Waals surface area (Å²) < 4.78 is 5.33. The third-order valence-electron chi connectivity index (χ3n) is 7.43. The third kappa shape index (κ3) is 10.9. The van der Waals surface area contributed by atoms with Gasteiger partial charge < -0.3 is 9.84 Å². The molecule has 1 unspecified atom stereocenters. The van der Waals surface area contributed by atoms with Crippen LogP contribution in [0, 0.1) is 11.8 Å². The molecule has 1 spiro atoms. The number of fused-ring (bicyclic) bond motifs is 2. The highest BCUT2D eigenvalue weighted by atomic mass is 16.5. The van der Waals surface area contributed by atoms with Gasteiger partial charge in [0.15, 0.2) is 0 Å². The van der Waals surface area contributed by atoms with E-state index in [1.807, 2.05) is 58.9 Å². The summed E-state index contributed by atoms with van der Waals surface area (Å²) >= 11 is 0. The second kappa shape index (κ2) is 18.9. The van der Waals surface area contributed by atoms with E-state index in [1.54, 1.807) is 12.5 Å². The van der Waals surface area contributed by atoms with Crippen LogP contribution in [0.15, 0.2) is 65.8 Å². The van der Waals surface area contributed by atoms with Gasteiger partial charge >= 0.3 is 5.97 Å². The fraction of sp³-hybridized carbons (Fsp3) is 0.486. The molecule has 0 aromatic heterocycles. The van der Waals surface area contributed by atoms with Crippen LogP contribution in [-0.4, -0.2) is 42.2 Å². The van der Waals surface area contributed by atoms with E-state index < -0.39 is 5.97 Å². The molecule has 0 saturated carbocycles. The molecule has 1 atom stereocenters. The van der Waals surface area contributed by atoms with Gasteiger partial charge in [0.2, 0.25) is 0 Å². The molecule has 1 aliphatic heterocycles. The number of allylic oxidation sites excluding steroid dienone is 2. The molecular formula is C37H53NO3. The summed E-state index contributed by atoms with van der Waals surface area (Å²) in [6, 6.07) is 16.3. The summed E-state index contributed by atoms with van der Waals surface area (Å²) in [7, 11) is 0. The number of piperidine rings is 1. The van der Waals surface area contributed by atoms with Gasteiger partial charge in [0.1, 0.15) is 5.75 Å². The minimum absolute atomic E-state index is 0.0226. The molecule has 4 nitrogen and oxygen atoms in total. The summed E-state index contributed by atoms with van der Waals surface area (Å²) in [5.41, 5.74) is 7.22. The Morgan fingerprint density at radius 3 is 2.15 bits per heavy atom. The Morgan fingerprint density at radius 2 is 1.61 bits per heavy atom. The number of aliphatic carboxylic acids is 1. The maximum atomic E-state index is 10.7. The lowest BCUT2D eigenvalue weighted by Gasteiger charge is -2.39. The molecular weight excluding hydrogens is 506 g/mol. The average Bonchev–Trinajstić information content (AvgIpc) is 3.35. The number of nitrogens with zero attached hydrogens (tertiary/aromatic N) is 1. The minimum Gasteiger partial charge on any atom is -0.494 e. The van der Waals surface area contributed by atoms with Gasteiger partial charge in [0, 0.05) is 12.0 Å². The molecule has 2 aromatic rings. The first-order valence-corrected chi connectivity index (χ1v) is 15.3. The first-order chi connectivity index (χ1) is 19.8. The minimum atomic E-state index is -0.841. The highest BCUT2D eigenvalue weighted by Crippen LogP contribution is 2.43. The first-order valence-electron chi connectivity index (χ1n) is 15.3. The van der Waals surface area contributed by atoms with Gasteiger partial charge in [-0.25, -0.2) is 0 Å². The largest absolute Gasteiger partial charge is 0.494 e. The lowest BCUT2D eigenvalue weighted by molar-refractivity contribution is -0.137. The number of hydrogen-bond donors (Lipinski definition) is 1. The first kappa shape index (κ1) is 35.7. The van der Waals surface area contributed by atoms with E-state index in [0.717, 1.165) is 17.9 Å². The van der Waals surface area contributed by atoms with E-state index in [1.165, 1.54) is 42.6 Å². The zero-order valence-electron chi connectivity index (χ0n) is 27.0. The van der Waals surface area contributed by atoms with Crippen molar-refractivity contribution in [3.63, 3.8) is 0 Å². The summed E-state index contributed by atoms with van der Waals surface area (Å²) in [6.07, 6.45) is 7.33. The van der Waals surface area contributed by atoms with Gasteiger partial charge in [-0.1, -0.05) is 93.3 Å². The van der Waals surface area contributed by atoms with Crippen LogP contribution in [0.3, 0.4) is 0 Å². The van der Waals surface area contributed by atoms with Crippen molar-refractivity contribution in [2.24, 2.45) is 0 Å². The van der Waals surface area contributed by atoms with E-state index in [-0.39, 0.29) is 12.3 Å². The molecule has 224 valence electrons. The number of benzene rings is 2. The predicted molar refractivity (Wildman–Crippen MR) is 176 cm³/mol. The standard InChI is InChI=1S/C19H25N.C14H16O3.2C2H6/c1-15(2)16(3)14-20-12-10-19(11-13-20)9-8-17-6-4-5-7-18(17)19;1-3-5-12(10-14(15)16)11-6-8-13(9-7-11)17-4-2;2*1-2/h4-9H,10-14H2,1-3H3;6-9,12H,4,10H2,1-2H3,(H,15,16);2*1-2H3. The van der Waals surface area contributed by atoms with Crippen LogP contribution in [-0.2, 0) is 10.2 Å². The molecule has 1 saturated heterocycles. The quantitative estimate of drug-likeness (QED) is 0.271. The number of hydrogen-bond acceptors (Lipinski definition) is 3. The molecule has 1 heterocycles. The number of carbonyl (C=O) groups is 1. The molecule has 4 heteroatoms. The van der Waals surface area contributed by atoms with Crippen LogP contribution >= 0.6 is 0 Å². The molecule has 1 aliphatic carbocycles. The van der Waals surface area contributed by atoms with E-state index in [0.29, 0.717) is 12.0 Å². The molecule has 2 aromatic carbocycles. The molecule has 0 radical (unpaired) electrons. The van der Waals surface area contributed by atoms with E-state index in [4.69, 9.17) is 9.84 Å². The summed E-state index contributed by atoms with van der Waals surface area (Å²) in [6.45, 7) is 22.5. The molecule has 41 heavy (non-hydrogen) atoms. The molecule has 1 fully saturated rings. The van der Waals surface area contributed by atoms with Crippen molar-refractivity contribution in [3.8, 4) is 17.6 Å². The van der Waals surface area contributed by atoms with Crippen LogP contribution in [0.4, 0.5) is 0 Å². The van der Waals surface area contributed by atoms with Crippen molar-refractivity contribution in [1.82, 2.24) is 4.90 Å². The van der Waals surface area contributed by atoms with Gasteiger partial charge in [-0.2, -0.15) is 0 Å². The number of carboxylic acids is 1. The molecule has 0 bridgehead atoms. The molecule has 1 N–H and O–H groups in total. The Morgan fingerprint density at radius 1 is 1.00 bits per heavy atom. The summed E-state index contributed by atoms with van der Waals surface area (Å²) in [4.78, 5) is 13.3. The van der Waals surface area contributed by atoms with Crippen molar-refractivity contribution >= 4 is 12.0 Å². The summed E-state index contributed by atoms with van der Waals surface area (Å²) in [5, 5.41) is 8.82. The Hall–Kier alpha value is -3.29. The molecule has 4 rings (SSSR count). The van der Waals surface area contributed by atoms with Crippen molar-refractivity contribution in [2.75, 3.05) is 26.2 Å². The van der Waals surface area contributed by atoms with E-state index >= 15 is 0 Å². The number of likely N-dealkylation sites (tertiary alicyclic amines) is 1. The van der Waals surface area contributed by atoms with Crippen molar-refractivity contribution < 1.29 is 14.6 Å². The van der Waals surface area contributed by atoms with Crippen LogP contribution < -0.4 is 4.74 Å². The number of ether oxygens (including phenoxy) is 1. The predicted octanol–water partition coefficient (Wildman–Crippen LogP) is 9.12.